The van der Waals surface area contributed by atoms with Gasteiger partial charge in [0.15, 0.2) is 5.11 Å². The fourth-order valence-corrected chi connectivity index (χ4v) is 3.62. The predicted molar refractivity (Wildman–Crippen MR) is 85.6 cm³/mol. The van der Waals surface area contributed by atoms with E-state index in [4.69, 9.17) is 12.2 Å². The van der Waals surface area contributed by atoms with E-state index >= 15 is 0 Å². The lowest BCUT2D eigenvalue weighted by atomic mass is 9.96. The molecule has 0 aliphatic heterocycles. The summed E-state index contributed by atoms with van der Waals surface area (Å²) in [6, 6.07) is 0.748. The second-order valence-electron chi connectivity index (χ2n) is 5.19. The molecule has 0 amide bonds. The van der Waals surface area contributed by atoms with E-state index in [1.807, 2.05) is 6.20 Å². The molecule has 3 nitrogen and oxygen atoms in total. The molecule has 1 saturated carbocycles. The van der Waals surface area contributed by atoms with Gasteiger partial charge in [-0.3, -0.25) is 0 Å². The Morgan fingerprint density at radius 1 is 1.47 bits per heavy atom. The van der Waals surface area contributed by atoms with Gasteiger partial charge in [0.25, 0.3) is 0 Å². The second kappa shape index (κ2) is 7.20. The van der Waals surface area contributed by atoms with E-state index < -0.39 is 0 Å². The summed E-state index contributed by atoms with van der Waals surface area (Å²) in [6.07, 6.45) is 9.52. The first-order valence-electron chi connectivity index (χ1n) is 7.20. The molecule has 1 fully saturated rings. The number of aryl methyl sites for hydroxylation is 1. The topological polar surface area (TPSA) is 37.0 Å². The molecular weight excluding hydrogens is 274 g/mol. The predicted octanol–water partition coefficient (Wildman–Crippen LogP) is 3.56. The van der Waals surface area contributed by atoms with Crippen molar-refractivity contribution in [2.75, 3.05) is 0 Å². The standard InChI is InChI=1S/C14H23N3S2/c1-3-12-9-15-13(19-12)10(2)16-14(18)17-11-7-5-4-6-8-11/h9-11H,3-8H2,1-2H3,(H2,16,17,18). The number of thiocarbonyl (C=S) groups is 1. The fourth-order valence-electron chi connectivity index (χ4n) is 2.42. The number of nitrogens with zero attached hydrogens (tertiary/aromatic N) is 1. The fraction of sp³-hybridized carbons (Fsp3) is 0.714. The lowest BCUT2D eigenvalue weighted by Gasteiger charge is -2.25. The van der Waals surface area contributed by atoms with E-state index in [0.717, 1.165) is 16.5 Å². The molecule has 1 unspecified atom stereocenters. The lowest BCUT2D eigenvalue weighted by Crippen LogP contribution is -2.43. The van der Waals surface area contributed by atoms with Crippen molar-refractivity contribution in [2.45, 2.75) is 64.5 Å². The van der Waals surface area contributed by atoms with Crippen LogP contribution in [-0.4, -0.2) is 16.1 Å². The number of rotatable bonds is 4. The molecule has 0 aromatic carbocycles. The van der Waals surface area contributed by atoms with Crippen molar-refractivity contribution in [1.82, 2.24) is 15.6 Å². The molecule has 5 heteroatoms. The highest BCUT2D eigenvalue weighted by Gasteiger charge is 2.16. The first-order chi connectivity index (χ1) is 9.19. The smallest absolute Gasteiger partial charge is 0.167 e. The van der Waals surface area contributed by atoms with Crippen molar-refractivity contribution in [3.63, 3.8) is 0 Å². The van der Waals surface area contributed by atoms with Gasteiger partial charge in [0.05, 0.1) is 6.04 Å². The Morgan fingerprint density at radius 3 is 2.84 bits per heavy atom. The van der Waals surface area contributed by atoms with Crippen LogP contribution in [0.1, 0.15) is 61.9 Å². The molecule has 0 spiro atoms. The number of hydrogen-bond donors (Lipinski definition) is 2. The number of hydrogen-bond acceptors (Lipinski definition) is 3. The third-order valence-electron chi connectivity index (χ3n) is 3.58. The third kappa shape index (κ3) is 4.42. The maximum absolute atomic E-state index is 5.40. The minimum absolute atomic E-state index is 0.189. The second-order valence-corrected chi connectivity index (χ2v) is 6.75. The molecule has 0 radical (unpaired) electrons. The molecule has 0 bridgehead atoms. The lowest BCUT2D eigenvalue weighted by molar-refractivity contribution is 0.411. The summed E-state index contributed by atoms with van der Waals surface area (Å²) >= 11 is 7.17. The molecule has 1 aromatic heterocycles. The van der Waals surface area contributed by atoms with Gasteiger partial charge in [0.2, 0.25) is 0 Å². The number of aromatic nitrogens is 1. The van der Waals surface area contributed by atoms with Crippen LogP contribution in [0.2, 0.25) is 0 Å². The molecule has 0 saturated heterocycles. The molecule has 106 valence electrons. The van der Waals surface area contributed by atoms with Crippen molar-refractivity contribution in [3.05, 3.63) is 16.1 Å². The van der Waals surface area contributed by atoms with Crippen LogP contribution in [0.25, 0.3) is 0 Å². The van der Waals surface area contributed by atoms with Crippen molar-refractivity contribution in [2.24, 2.45) is 0 Å². The molecule has 1 aromatic rings. The Balaban J connectivity index is 1.80. The summed E-state index contributed by atoms with van der Waals surface area (Å²) < 4.78 is 0. The van der Waals surface area contributed by atoms with E-state index in [0.29, 0.717) is 6.04 Å². The van der Waals surface area contributed by atoms with Gasteiger partial charge in [-0.05, 0) is 38.4 Å². The first-order valence-corrected chi connectivity index (χ1v) is 8.43. The van der Waals surface area contributed by atoms with Crippen molar-refractivity contribution in [3.8, 4) is 0 Å². The minimum Gasteiger partial charge on any atom is -0.360 e. The highest BCUT2D eigenvalue weighted by atomic mass is 32.1. The van der Waals surface area contributed by atoms with Crippen LogP contribution >= 0.6 is 23.6 Å². The van der Waals surface area contributed by atoms with Crippen molar-refractivity contribution < 1.29 is 0 Å². The third-order valence-corrected chi connectivity index (χ3v) is 5.14. The van der Waals surface area contributed by atoms with E-state index in [1.165, 1.54) is 37.0 Å². The maximum atomic E-state index is 5.40. The minimum atomic E-state index is 0.189. The molecule has 1 atom stereocenters. The van der Waals surface area contributed by atoms with Crippen LogP contribution in [0.3, 0.4) is 0 Å². The largest absolute Gasteiger partial charge is 0.360 e. The van der Waals surface area contributed by atoms with Gasteiger partial charge in [-0.15, -0.1) is 11.3 Å². The normalized spacial score (nSPS) is 18.0. The molecule has 2 rings (SSSR count). The summed E-state index contributed by atoms with van der Waals surface area (Å²) in [7, 11) is 0. The zero-order chi connectivity index (χ0) is 13.7. The molecule has 1 aliphatic rings. The van der Waals surface area contributed by atoms with Crippen LogP contribution < -0.4 is 10.6 Å². The Labute approximate surface area is 125 Å². The summed E-state index contributed by atoms with van der Waals surface area (Å²) in [5.74, 6) is 0. The average Bonchev–Trinajstić information content (AvgIpc) is 2.88. The van der Waals surface area contributed by atoms with Crippen LogP contribution in [0.15, 0.2) is 6.20 Å². The highest BCUT2D eigenvalue weighted by Crippen LogP contribution is 2.21. The van der Waals surface area contributed by atoms with Gasteiger partial charge in [-0.1, -0.05) is 26.2 Å². The number of thiazole rings is 1. The molecule has 2 N–H and O–H groups in total. The Morgan fingerprint density at radius 2 is 2.21 bits per heavy atom. The maximum Gasteiger partial charge on any atom is 0.167 e. The summed E-state index contributed by atoms with van der Waals surface area (Å²) in [6.45, 7) is 4.28. The van der Waals surface area contributed by atoms with E-state index in [1.54, 1.807) is 11.3 Å². The van der Waals surface area contributed by atoms with Gasteiger partial charge < -0.3 is 10.6 Å². The van der Waals surface area contributed by atoms with Crippen LogP contribution in [-0.2, 0) is 6.42 Å². The van der Waals surface area contributed by atoms with E-state index in [-0.39, 0.29) is 6.04 Å². The van der Waals surface area contributed by atoms with Crippen LogP contribution in [0.5, 0.6) is 0 Å². The van der Waals surface area contributed by atoms with Crippen molar-refractivity contribution >= 4 is 28.7 Å². The summed E-state index contributed by atoms with van der Waals surface area (Å²) in [5.41, 5.74) is 0. The van der Waals surface area contributed by atoms with Gasteiger partial charge in [-0.25, -0.2) is 4.98 Å². The first kappa shape index (κ1) is 14.7. The number of nitrogens with one attached hydrogen (secondary N) is 2. The van der Waals surface area contributed by atoms with Crippen molar-refractivity contribution in [1.29, 1.82) is 0 Å². The zero-order valence-electron chi connectivity index (χ0n) is 11.7. The van der Waals surface area contributed by atoms with E-state index in [2.05, 4.69) is 29.5 Å². The van der Waals surface area contributed by atoms with Crippen LogP contribution in [0, 0.1) is 0 Å². The van der Waals surface area contributed by atoms with Gasteiger partial charge >= 0.3 is 0 Å². The quantitative estimate of drug-likeness (QED) is 0.833. The van der Waals surface area contributed by atoms with E-state index in [9.17, 15) is 0 Å². The molecular formula is C14H23N3S2. The summed E-state index contributed by atoms with van der Waals surface area (Å²) in [4.78, 5) is 5.78. The SMILES string of the molecule is CCc1cnc(C(C)NC(=S)NC2CCCCC2)s1. The Bertz CT molecular complexity index is 411. The van der Waals surface area contributed by atoms with Gasteiger partial charge in [0.1, 0.15) is 5.01 Å². The zero-order valence-corrected chi connectivity index (χ0v) is 13.4. The summed E-state index contributed by atoms with van der Waals surface area (Å²) in [5, 5.41) is 8.67. The van der Waals surface area contributed by atoms with Gasteiger partial charge in [-0.2, -0.15) is 0 Å². The van der Waals surface area contributed by atoms with Crippen LogP contribution in [0.4, 0.5) is 0 Å². The monoisotopic (exact) mass is 297 g/mol. The Kier molecular flexibility index (Phi) is 5.58. The molecule has 1 heterocycles. The van der Waals surface area contributed by atoms with Gasteiger partial charge in [0, 0.05) is 17.1 Å². The average molecular weight is 297 g/mol. The molecule has 19 heavy (non-hydrogen) atoms. The Hall–Kier alpha value is -0.680. The molecule has 1 aliphatic carbocycles. The highest BCUT2D eigenvalue weighted by molar-refractivity contribution is 7.80.